The van der Waals surface area contributed by atoms with Gasteiger partial charge in [0.05, 0.1) is 61.1 Å². The molecule has 131 heavy (non-hydrogen) atoms. The molecule has 0 radical (unpaired) electrons. The lowest BCUT2D eigenvalue weighted by Gasteiger charge is -2.32. The molecule has 684 valence electrons. The van der Waals surface area contributed by atoms with Crippen molar-refractivity contribution in [3.8, 4) is 63.2 Å². The highest BCUT2D eigenvalue weighted by atomic mass is 19.2. The van der Waals surface area contributed by atoms with Crippen LogP contribution in [-0.4, -0.2) is 208 Å². The number of carbonyl (C=O) groups excluding carboxylic acids is 3. The number of likely N-dealkylation sites (N-methyl/N-ethyl adjacent to an activating group) is 2. The van der Waals surface area contributed by atoms with Crippen molar-refractivity contribution in [2.24, 2.45) is 21.1 Å². The minimum absolute atomic E-state index is 0.124. The second kappa shape index (κ2) is 42.2. The maximum absolute atomic E-state index is 14.1. The van der Waals surface area contributed by atoms with E-state index in [-0.39, 0.29) is 75.2 Å². The quantitative estimate of drug-likeness (QED) is 0.0174. The number of rotatable bonds is 31. The Bertz CT molecular complexity index is 6530. The van der Waals surface area contributed by atoms with Gasteiger partial charge in [-0.15, -0.1) is 0 Å². The van der Waals surface area contributed by atoms with Gasteiger partial charge in [-0.2, -0.15) is 15.0 Å². The summed E-state index contributed by atoms with van der Waals surface area (Å²) in [5.41, 5.74) is 2.45. The topological polar surface area (TPSA) is 357 Å². The number of nitrogens with one attached hydrogen (secondary N) is 6. The van der Waals surface area contributed by atoms with Crippen LogP contribution < -0.4 is 91.4 Å². The Morgan fingerprint density at radius 3 is 1.12 bits per heavy atom. The van der Waals surface area contributed by atoms with E-state index in [9.17, 15) is 55.1 Å². The number of hydrogen-bond acceptors (Lipinski definition) is 28. The maximum atomic E-state index is 14.1. The van der Waals surface area contributed by atoms with E-state index in [2.05, 4.69) is 113 Å². The summed E-state index contributed by atoms with van der Waals surface area (Å²) in [5, 5.41) is 19.0. The van der Waals surface area contributed by atoms with Gasteiger partial charge in [0.1, 0.15) is 76.4 Å². The fraction of sp³-hybridized carbons (Fsp3) is 0.275. The number of halogens is 6. The number of likely N-dealkylation sites (tertiary alicyclic amines) is 1. The normalized spacial score (nSPS) is 13.9. The van der Waals surface area contributed by atoms with Crippen molar-refractivity contribution in [1.29, 1.82) is 0 Å². The van der Waals surface area contributed by atoms with E-state index in [1.165, 1.54) is 112 Å². The Balaban J connectivity index is 0.000000167. The van der Waals surface area contributed by atoms with Crippen molar-refractivity contribution in [1.82, 2.24) is 63.2 Å². The first-order valence-corrected chi connectivity index (χ1v) is 41.0. The SMILES string of the molecule is C=CC(=O)Nc1cc(Nc2ncc3cc(Oc4ccc(F)cc4F)c(=O)n(C)c3n2)c(OC)cc1N1CC[C@@H](N(C)C)C1.C=CC(=O)Nc1cc(Nc2ncc3cc(Oc4ccc(F)cc4F)c(=O)n(C)c3n2)c(OC)cc1OCCN1CCCC1.C=CC(=O)Nc1cc(Nc2ncc3cc(Oc4ccc(F)cc4F)c(=O)n(C)c3n2)c(OC)cc1OCCN1CCN(C)CC1. The van der Waals surface area contributed by atoms with Crippen LogP contribution in [0.1, 0.15) is 19.3 Å². The number of aromatic nitrogens is 9. The van der Waals surface area contributed by atoms with E-state index < -0.39 is 63.4 Å². The molecule has 0 unspecified atom stereocenters. The van der Waals surface area contributed by atoms with Crippen LogP contribution in [0.4, 0.5) is 84.0 Å². The molecule has 3 amide bonds. The van der Waals surface area contributed by atoms with Gasteiger partial charge in [0.25, 0.3) is 16.7 Å². The molecule has 0 bridgehead atoms. The number of piperazine rings is 1. The summed E-state index contributed by atoms with van der Waals surface area (Å²) in [5.74, 6) is -5.27. The molecule has 12 aromatic rings. The number of carbonyl (C=O) groups is 3. The highest BCUT2D eigenvalue weighted by molar-refractivity contribution is 6.03. The van der Waals surface area contributed by atoms with Crippen molar-refractivity contribution in [2.45, 2.75) is 25.3 Å². The molecule has 6 aromatic heterocycles. The molecular formula is C91H94F6N20O14. The fourth-order valence-electron chi connectivity index (χ4n) is 14.3. The summed E-state index contributed by atoms with van der Waals surface area (Å²) in [6, 6.07) is 23.0. The first-order valence-electron chi connectivity index (χ1n) is 41.0. The highest BCUT2D eigenvalue weighted by Crippen LogP contribution is 2.43. The molecule has 3 fully saturated rings. The summed E-state index contributed by atoms with van der Waals surface area (Å²) in [7, 11) is 15.2. The number of benzene rings is 6. The van der Waals surface area contributed by atoms with Crippen LogP contribution in [0.25, 0.3) is 33.1 Å². The van der Waals surface area contributed by atoms with Crippen LogP contribution in [0, 0.1) is 34.9 Å². The van der Waals surface area contributed by atoms with Crippen molar-refractivity contribution in [3.63, 3.8) is 0 Å². The van der Waals surface area contributed by atoms with Gasteiger partial charge in [-0.3, -0.25) is 52.3 Å². The summed E-state index contributed by atoms with van der Waals surface area (Å²) in [4.78, 5) is 114. The summed E-state index contributed by atoms with van der Waals surface area (Å²) < 4.78 is 131. The van der Waals surface area contributed by atoms with E-state index >= 15 is 0 Å². The van der Waals surface area contributed by atoms with Gasteiger partial charge >= 0.3 is 0 Å². The van der Waals surface area contributed by atoms with Gasteiger partial charge in [-0.1, -0.05) is 19.7 Å². The average Bonchev–Trinajstić information content (AvgIpc) is 1.60. The van der Waals surface area contributed by atoms with Crippen LogP contribution in [0.5, 0.6) is 63.2 Å². The zero-order chi connectivity index (χ0) is 93.4. The smallest absolute Gasteiger partial charge is 0.294 e. The lowest BCUT2D eigenvalue weighted by molar-refractivity contribution is -0.112. The molecule has 6 N–H and O–H groups in total. The Hall–Kier alpha value is -15.2. The maximum Gasteiger partial charge on any atom is 0.294 e. The number of hydrogen-bond donors (Lipinski definition) is 6. The van der Waals surface area contributed by atoms with Crippen LogP contribution >= 0.6 is 0 Å². The molecule has 40 heteroatoms. The number of anilines is 10. The van der Waals surface area contributed by atoms with Gasteiger partial charge in [0.15, 0.2) is 51.9 Å². The first-order chi connectivity index (χ1) is 63.0. The van der Waals surface area contributed by atoms with E-state index in [0.29, 0.717) is 116 Å². The summed E-state index contributed by atoms with van der Waals surface area (Å²) in [6.45, 7) is 20.4. The largest absolute Gasteiger partial charge is 0.494 e. The zero-order valence-corrected chi connectivity index (χ0v) is 72.9. The third-order valence-corrected chi connectivity index (χ3v) is 21.4. The lowest BCUT2D eigenvalue weighted by Crippen LogP contribution is -2.45. The van der Waals surface area contributed by atoms with Crippen LogP contribution in [0.15, 0.2) is 180 Å². The van der Waals surface area contributed by atoms with Crippen LogP contribution in [0.3, 0.4) is 0 Å². The Labute approximate surface area is 746 Å². The molecule has 3 aliphatic heterocycles. The Morgan fingerprint density at radius 2 is 0.779 bits per heavy atom. The van der Waals surface area contributed by atoms with Crippen LogP contribution in [0.2, 0.25) is 0 Å². The average molecular weight is 1810 g/mol. The number of nitrogens with zero attached hydrogens (tertiary/aromatic N) is 14. The second-order valence-electron chi connectivity index (χ2n) is 30.4. The molecule has 0 spiro atoms. The molecular weight excluding hydrogens is 1710 g/mol. The van der Waals surface area contributed by atoms with Gasteiger partial charge < -0.3 is 84.5 Å². The molecule has 3 aliphatic rings. The molecule has 34 nitrogen and oxygen atoms in total. The number of pyridine rings is 3. The predicted molar refractivity (Wildman–Crippen MR) is 484 cm³/mol. The minimum Gasteiger partial charge on any atom is -0.494 e. The number of fused-ring (bicyclic) bond motifs is 3. The van der Waals surface area contributed by atoms with Crippen molar-refractivity contribution in [2.75, 3.05) is 158 Å². The Morgan fingerprint density at radius 1 is 0.427 bits per heavy atom. The molecule has 15 rings (SSSR count). The summed E-state index contributed by atoms with van der Waals surface area (Å²) in [6.07, 6.45) is 11.2. The van der Waals surface area contributed by atoms with Crippen molar-refractivity contribution >= 4 is 108 Å². The number of aryl methyl sites for hydroxylation is 3. The lowest BCUT2D eigenvalue weighted by atomic mass is 10.2. The van der Waals surface area contributed by atoms with Gasteiger partial charge in [0.2, 0.25) is 35.6 Å². The van der Waals surface area contributed by atoms with E-state index in [1.54, 1.807) is 30.3 Å². The molecule has 6 aromatic carbocycles. The van der Waals surface area contributed by atoms with Crippen molar-refractivity contribution < 1.29 is 78.6 Å². The van der Waals surface area contributed by atoms with Gasteiger partial charge in [0, 0.05) is 151 Å². The minimum atomic E-state index is -0.947. The molecule has 0 saturated carbocycles. The van der Waals surface area contributed by atoms with E-state index in [0.717, 1.165) is 126 Å². The third kappa shape index (κ3) is 22.9. The van der Waals surface area contributed by atoms with Gasteiger partial charge in [-0.05, 0) is 145 Å². The molecule has 0 aliphatic carbocycles. The molecule has 1 atom stereocenters. The monoisotopic (exact) mass is 1800 g/mol. The van der Waals surface area contributed by atoms with E-state index in [1.807, 2.05) is 20.2 Å². The third-order valence-electron chi connectivity index (χ3n) is 21.4. The fourth-order valence-corrected chi connectivity index (χ4v) is 14.3. The number of methoxy groups -OCH3 is 3. The zero-order valence-electron chi connectivity index (χ0n) is 72.9. The first kappa shape index (κ1) is 93.5. The van der Waals surface area contributed by atoms with E-state index in [4.69, 9.17) is 37.9 Å². The molecule has 3 saturated heterocycles. The second-order valence-corrected chi connectivity index (χ2v) is 30.4. The highest BCUT2D eigenvalue weighted by Gasteiger charge is 2.30. The Kier molecular flexibility index (Phi) is 30.1. The van der Waals surface area contributed by atoms with Crippen LogP contribution in [-0.2, 0) is 35.5 Å². The van der Waals surface area contributed by atoms with Gasteiger partial charge in [-0.25, -0.2) is 41.3 Å². The van der Waals surface area contributed by atoms with Crippen molar-refractivity contribution in [3.05, 3.63) is 232 Å². The standard InChI is InChI=1S/C31H33F2N7O5.C30H31F2N7O4.C30H30F2N6O5/c1-5-28(41)35-23-16-22(25(43-4)17-26(23)44-13-12-40-10-8-38(2)9-11-40)36-31-34-18-19-14-27(30(42)39(3)29(19)37-31)45-24-7-6-20(32)15-21(24)33;1-6-27(40)34-21-13-22(25(42-5)14-23(21)39-10-9-19(16-39)37(2)3)35-30-33-15-17-11-26(29(41)38(4)28(17)36-30)43-24-8-7-18(31)12-20(24)32;1-4-27(39)34-22-15-21(24(41-3)16-25(22)42-12-11-38-9-5-6-10-38)35-30-33-17-18-13-26(29(40)37(2)28(18)36-30)43-23-8-7-19(31)14-20(23)32/h5-7,14-18H,1,8-13H2,2-4H3,(H,35,41)(H,34,36,37);6-8,11-15,19H,1,9-10,16H2,2-5H3,(H,34,40)(H,33,35,36);4,7-8,13-17H,1,5-6,9-12H2,2-3H3,(H,34,39)(H,33,35,36)/t;19-;/m.1./s1. The predicted octanol–water partition coefficient (Wildman–Crippen LogP) is 13.1. The summed E-state index contributed by atoms with van der Waals surface area (Å²) >= 11 is 0. The number of ether oxygens (including phenoxy) is 8. The number of amides is 3. The molecule has 9 heterocycles.